The Labute approximate surface area is 116 Å². The van der Waals surface area contributed by atoms with Gasteiger partial charge in [-0.15, -0.1) is 5.10 Å². The summed E-state index contributed by atoms with van der Waals surface area (Å²) in [5, 5.41) is 11.3. The van der Waals surface area contributed by atoms with Gasteiger partial charge in [-0.25, -0.2) is 4.68 Å². The molecule has 19 heavy (non-hydrogen) atoms. The molecule has 0 aliphatic heterocycles. The summed E-state index contributed by atoms with van der Waals surface area (Å²) < 4.78 is 1.40. The molecule has 6 nitrogen and oxygen atoms in total. The topological polar surface area (TPSA) is 63.9 Å². The zero-order chi connectivity index (χ0) is 13.7. The van der Waals surface area contributed by atoms with E-state index in [-0.39, 0.29) is 12.5 Å². The average Bonchev–Trinajstić information content (AvgIpc) is 2.90. The molecule has 0 saturated carbocycles. The van der Waals surface area contributed by atoms with Gasteiger partial charge in [-0.05, 0) is 29.0 Å². The summed E-state index contributed by atoms with van der Waals surface area (Å²) in [5.74, 6) is -0.0466. The first-order chi connectivity index (χ1) is 9.20. The third-order valence-corrected chi connectivity index (χ3v) is 3.11. The minimum atomic E-state index is -0.0466. The highest BCUT2D eigenvalue weighted by atomic mass is 35.5. The summed E-state index contributed by atoms with van der Waals surface area (Å²) in [6.45, 7) is 3.14. The minimum absolute atomic E-state index is 0.0466. The molecule has 0 bridgehead atoms. The first kappa shape index (κ1) is 13.5. The molecule has 0 unspecified atom stereocenters. The number of hydrogen-bond donors (Lipinski definition) is 0. The van der Waals surface area contributed by atoms with Crippen molar-refractivity contribution in [2.75, 3.05) is 6.54 Å². The van der Waals surface area contributed by atoms with Crippen LogP contribution in [0.15, 0.2) is 30.6 Å². The Kier molecular flexibility index (Phi) is 4.46. The van der Waals surface area contributed by atoms with E-state index in [1.54, 1.807) is 4.90 Å². The summed E-state index contributed by atoms with van der Waals surface area (Å²) in [6.07, 6.45) is 1.42. The maximum absolute atomic E-state index is 12.1. The Balaban J connectivity index is 2.04. The molecule has 0 fully saturated rings. The van der Waals surface area contributed by atoms with Crippen molar-refractivity contribution in [1.29, 1.82) is 0 Å². The number of rotatable bonds is 5. The third kappa shape index (κ3) is 3.51. The van der Waals surface area contributed by atoms with Crippen molar-refractivity contribution >= 4 is 17.5 Å². The largest absolute Gasteiger partial charge is 0.337 e. The lowest BCUT2D eigenvalue weighted by Gasteiger charge is -2.21. The van der Waals surface area contributed by atoms with Crippen molar-refractivity contribution in [1.82, 2.24) is 25.1 Å². The van der Waals surface area contributed by atoms with Gasteiger partial charge in [0.2, 0.25) is 5.91 Å². The van der Waals surface area contributed by atoms with Gasteiger partial charge in [-0.3, -0.25) is 4.79 Å². The van der Waals surface area contributed by atoms with E-state index in [0.717, 1.165) is 5.56 Å². The van der Waals surface area contributed by atoms with E-state index in [4.69, 9.17) is 11.6 Å². The van der Waals surface area contributed by atoms with E-state index in [2.05, 4.69) is 15.5 Å². The van der Waals surface area contributed by atoms with Crippen LogP contribution in [0.3, 0.4) is 0 Å². The van der Waals surface area contributed by atoms with Crippen LogP contribution in [-0.4, -0.2) is 37.6 Å². The van der Waals surface area contributed by atoms with E-state index in [1.165, 1.54) is 11.0 Å². The molecule has 2 aromatic rings. The fourth-order valence-corrected chi connectivity index (χ4v) is 1.90. The van der Waals surface area contributed by atoms with Crippen molar-refractivity contribution in [3.8, 4) is 0 Å². The number of halogens is 1. The number of tetrazole rings is 1. The molecule has 0 radical (unpaired) electrons. The van der Waals surface area contributed by atoms with Crippen molar-refractivity contribution < 1.29 is 4.79 Å². The fraction of sp³-hybridized carbons (Fsp3) is 0.333. The maximum Gasteiger partial charge on any atom is 0.244 e. The van der Waals surface area contributed by atoms with Gasteiger partial charge in [0.15, 0.2) is 0 Å². The lowest BCUT2D eigenvalue weighted by atomic mass is 10.2. The number of nitrogens with zero attached hydrogens (tertiary/aromatic N) is 5. The molecule has 100 valence electrons. The van der Waals surface area contributed by atoms with Crippen LogP contribution >= 0.6 is 11.6 Å². The summed E-state index contributed by atoms with van der Waals surface area (Å²) >= 11 is 6.10. The molecule has 0 aliphatic carbocycles. The molecular formula is C12H14ClN5O. The Hall–Kier alpha value is -1.95. The van der Waals surface area contributed by atoms with Crippen LogP contribution in [-0.2, 0) is 17.9 Å². The van der Waals surface area contributed by atoms with E-state index in [9.17, 15) is 4.79 Å². The van der Waals surface area contributed by atoms with Crippen molar-refractivity contribution in [3.63, 3.8) is 0 Å². The average molecular weight is 280 g/mol. The van der Waals surface area contributed by atoms with Gasteiger partial charge in [0.05, 0.1) is 0 Å². The highest BCUT2D eigenvalue weighted by Crippen LogP contribution is 2.17. The van der Waals surface area contributed by atoms with E-state index < -0.39 is 0 Å². The Morgan fingerprint density at radius 3 is 2.84 bits per heavy atom. The summed E-state index contributed by atoms with van der Waals surface area (Å²) in [6, 6.07) is 7.50. The number of amides is 1. The molecule has 1 aromatic heterocycles. The third-order valence-electron chi connectivity index (χ3n) is 2.74. The number of carbonyl (C=O) groups is 1. The smallest absolute Gasteiger partial charge is 0.244 e. The highest BCUT2D eigenvalue weighted by Gasteiger charge is 2.14. The van der Waals surface area contributed by atoms with Crippen molar-refractivity contribution in [2.24, 2.45) is 0 Å². The second-order valence-electron chi connectivity index (χ2n) is 4.01. The maximum atomic E-state index is 12.1. The molecule has 0 aliphatic rings. The number of likely N-dealkylation sites (N-methyl/N-ethyl adjacent to an activating group) is 1. The first-order valence-electron chi connectivity index (χ1n) is 5.92. The normalized spacial score (nSPS) is 10.4. The van der Waals surface area contributed by atoms with Gasteiger partial charge in [-0.1, -0.05) is 29.8 Å². The predicted octanol–water partition coefficient (Wildman–Crippen LogP) is 1.38. The van der Waals surface area contributed by atoms with Gasteiger partial charge >= 0.3 is 0 Å². The standard InChI is InChI=1S/C12H14ClN5O/c1-2-17(7-10-5-3-4-6-11(10)13)12(19)8-18-9-14-15-16-18/h3-6,9H,2,7-8H2,1H3. The lowest BCUT2D eigenvalue weighted by Crippen LogP contribution is -2.33. The Morgan fingerprint density at radius 1 is 1.42 bits per heavy atom. The predicted molar refractivity (Wildman–Crippen MR) is 70.4 cm³/mol. The number of hydrogen-bond acceptors (Lipinski definition) is 4. The van der Waals surface area contributed by atoms with Crippen molar-refractivity contribution in [3.05, 3.63) is 41.2 Å². The molecule has 0 N–H and O–H groups in total. The molecule has 0 atom stereocenters. The molecule has 0 spiro atoms. The molecule has 0 saturated heterocycles. The van der Waals surface area contributed by atoms with Crippen molar-refractivity contribution in [2.45, 2.75) is 20.0 Å². The highest BCUT2D eigenvalue weighted by molar-refractivity contribution is 6.31. The van der Waals surface area contributed by atoms with Gasteiger partial charge < -0.3 is 4.90 Å². The first-order valence-corrected chi connectivity index (χ1v) is 6.30. The number of benzene rings is 1. The van der Waals surface area contributed by atoms with E-state index >= 15 is 0 Å². The summed E-state index contributed by atoms with van der Waals surface area (Å²) in [7, 11) is 0. The molecule has 1 aromatic carbocycles. The minimum Gasteiger partial charge on any atom is -0.337 e. The number of carbonyl (C=O) groups excluding carboxylic acids is 1. The molecular weight excluding hydrogens is 266 g/mol. The molecule has 7 heteroatoms. The molecule has 1 amide bonds. The van der Waals surface area contributed by atoms with Crippen LogP contribution in [0.2, 0.25) is 5.02 Å². The monoisotopic (exact) mass is 279 g/mol. The zero-order valence-corrected chi connectivity index (χ0v) is 11.3. The SMILES string of the molecule is CCN(Cc1ccccc1Cl)C(=O)Cn1cnnn1. The van der Waals surface area contributed by atoms with Crippen LogP contribution < -0.4 is 0 Å². The van der Waals surface area contributed by atoms with Crippen LogP contribution in [0, 0.1) is 0 Å². The van der Waals surface area contributed by atoms with Gasteiger partial charge in [-0.2, -0.15) is 0 Å². The van der Waals surface area contributed by atoms with Gasteiger partial charge in [0, 0.05) is 18.1 Å². The second-order valence-corrected chi connectivity index (χ2v) is 4.41. The van der Waals surface area contributed by atoms with E-state index in [1.807, 2.05) is 31.2 Å². The summed E-state index contributed by atoms with van der Waals surface area (Å²) in [5.41, 5.74) is 0.927. The number of aromatic nitrogens is 4. The zero-order valence-electron chi connectivity index (χ0n) is 10.5. The van der Waals surface area contributed by atoms with Gasteiger partial charge in [0.1, 0.15) is 12.9 Å². The van der Waals surface area contributed by atoms with E-state index in [0.29, 0.717) is 18.1 Å². The second kappa shape index (κ2) is 6.29. The van der Waals surface area contributed by atoms with Crippen LogP contribution in [0.5, 0.6) is 0 Å². The summed E-state index contributed by atoms with van der Waals surface area (Å²) in [4.78, 5) is 13.8. The molecule has 2 rings (SSSR count). The van der Waals surface area contributed by atoms with Gasteiger partial charge in [0.25, 0.3) is 0 Å². The fourth-order valence-electron chi connectivity index (χ4n) is 1.70. The molecule has 1 heterocycles. The van der Waals surface area contributed by atoms with Crippen LogP contribution in [0.25, 0.3) is 0 Å². The Bertz CT molecular complexity index is 543. The van der Waals surface area contributed by atoms with Crippen LogP contribution in [0.4, 0.5) is 0 Å². The quantitative estimate of drug-likeness (QED) is 0.829. The lowest BCUT2D eigenvalue weighted by molar-refractivity contribution is -0.132. The van der Waals surface area contributed by atoms with Crippen LogP contribution in [0.1, 0.15) is 12.5 Å². The Morgan fingerprint density at radius 2 is 2.21 bits per heavy atom.